The zero-order valence-electron chi connectivity index (χ0n) is 10.4. The number of nitrogens with one attached hydrogen (secondary N) is 1. The highest BCUT2D eigenvalue weighted by atomic mass is 35.5. The molecule has 0 saturated heterocycles. The van der Waals surface area contributed by atoms with Crippen LogP contribution < -0.4 is 5.32 Å². The molecule has 0 unspecified atom stereocenters. The highest BCUT2D eigenvalue weighted by Gasteiger charge is 2.15. The maximum atomic E-state index is 11.9. The van der Waals surface area contributed by atoms with Crippen LogP contribution in [0.4, 0.5) is 5.69 Å². The van der Waals surface area contributed by atoms with Gasteiger partial charge in [-0.2, -0.15) is 0 Å². The van der Waals surface area contributed by atoms with E-state index >= 15 is 0 Å². The van der Waals surface area contributed by atoms with Gasteiger partial charge >= 0.3 is 0 Å². The van der Waals surface area contributed by atoms with Crippen LogP contribution in [0.25, 0.3) is 0 Å². The molecule has 1 rings (SSSR count). The number of benzene rings is 1. The lowest BCUT2D eigenvalue weighted by molar-refractivity contribution is -0.110. The highest BCUT2D eigenvalue weighted by molar-refractivity contribution is 6.68. The molecule has 0 saturated carbocycles. The first kappa shape index (κ1) is 14.9. The van der Waals surface area contributed by atoms with Crippen molar-refractivity contribution in [3.63, 3.8) is 0 Å². The number of carbonyl (C=O) groups is 1. The molecular weight excluding hydrogens is 266 g/mol. The smallest absolute Gasteiger partial charge is 0.279 e. The summed E-state index contributed by atoms with van der Waals surface area (Å²) in [5.41, 5.74) is 0.734. The van der Waals surface area contributed by atoms with Crippen molar-refractivity contribution < 1.29 is 10.0 Å². The van der Waals surface area contributed by atoms with E-state index in [0.29, 0.717) is 23.0 Å². The van der Waals surface area contributed by atoms with Gasteiger partial charge in [0.05, 0.1) is 12.3 Å². The average molecular weight is 280 g/mol. The number of halogens is 1. The van der Waals surface area contributed by atoms with Gasteiger partial charge in [0, 0.05) is 10.7 Å². The predicted molar refractivity (Wildman–Crippen MR) is 77.5 cm³/mol. The van der Waals surface area contributed by atoms with E-state index in [2.05, 4.69) is 22.0 Å². The van der Waals surface area contributed by atoms with Crippen molar-refractivity contribution in [1.82, 2.24) is 0 Å². The quantitative estimate of drug-likeness (QED) is 0.376. The zero-order chi connectivity index (χ0) is 14.3. The fourth-order valence-corrected chi connectivity index (χ4v) is 1.41. The number of oxime groups is 1. The van der Waals surface area contributed by atoms with Gasteiger partial charge < -0.3 is 10.5 Å². The number of amides is 1. The molecule has 100 valence electrons. The largest absolute Gasteiger partial charge is 0.410 e. The minimum atomic E-state index is -0.546. The fraction of sp³-hybridized carbons (Fsp3) is 0.154. The molecule has 6 heteroatoms. The predicted octanol–water partition coefficient (Wildman–Crippen LogP) is 2.76. The van der Waals surface area contributed by atoms with Crippen LogP contribution in [0.15, 0.2) is 47.1 Å². The van der Waals surface area contributed by atoms with Crippen LogP contribution in [-0.2, 0) is 4.79 Å². The maximum Gasteiger partial charge on any atom is 0.279 e. The molecule has 0 atom stereocenters. The monoisotopic (exact) mass is 279 g/mol. The summed E-state index contributed by atoms with van der Waals surface area (Å²) < 4.78 is 0. The molecule has 0 heterocycles. The van der Waals surface area contributed by atoms with Crippen molar-refractivity contribution >= 4 is 34.6 Å². The van der Waals surface area contributed by atoms with Crippen LogP contribution in [0, 0.1) is 0 Å². The molecule has 0 spiro atoms. The lowest BCUT2D eigenvalue weighted by atomic mass is 10.2. The van der Waals surface area contributed by atoms with Gasteiger partial charge in [-0.05, 0) is 31.2 Å². The molecule has 19 heavy (non-hydrogen) atoms. The first-order valence-electron chi connectivity index (χ1n) is 5.49. The van der Waals surface area contributed by atoms with E-state index < -0.39 is 5.91 Å². The van der Waals surface area contributed by atoms with Crippen molar-refractivity contribution in [1.29, 1.82) is 0 Å². The Kier molecular flexibility index (Phi) is 5.75. The summed E-state index contributed by atoms with van der Waals surface area (Å²) >= 11 is 5.74. The molecule has 0 bridgehead atoms. The maximum absolute atomic E-state index is 11.9. The zero-order valence-corrected chi connectivity index (χ0v) is 11.2. The van der Waals surface area contributed by atoms with Crippen LogP contribution in [0.5, 0.6) is 0 Å². The summed E-state index contributed by atoms with van der Waals surface area (Å²) in [5, 5.41) is 15.0. The first-order chi connectivity index (χ1) is 9.08. The number of carbonyl (C=O) groups excluding carboxylic acids is 1. The van der Waals surface area contributed by atoms with Gasteiger partial charge in [0.25, 0.3) is 5.91 Å². The van der Waals surface area contributed by atoms with E-state index in [4.69, 9.17) is 16.8 Å². The molecular formula is C13H14ClN3O2. The Labute approximate surface area is 116 Å². The van der Waals surface area contributed by atoms with Crippen molar-refractivity contribution in [3.8, 4) is 0 Å². The Morgan fingerprint density at radius 3 is 2.63 bits per heavy atom. The molecule has 0 aromatic heterocycles. The second-order valence-electron chi connectivity index (χ2n) is 3.62. The van der Waals surface area contributed by atoms with Crippen LogP contribution in [-0.4, -0.2) is 29.1 Å². The number of hydrogen-bond acceptors (Lipinski definition) is 4. The summed E-state index contributed by atoms with van der Waals surface area (Å²) in [6, 6.07) is 6.58. The van der Waals surface area contributed by atoms with Crippen molar-refractivity contribution in [2.75, 3.05) is 11.9 Å². The standard InChI is InChI=1S/C13H14ClN3O2/c1-3-8-15-9(2)12(17-19)13(18)16-11-6-4-10(14)5-7-11/h3-7,19H,1,8H2,2H3,(H,16,18)/b15-9?,17-12-. The summed E-state index contributed by atoms with van der Waals surface area (Å²) in [6.45, 7) is 5.45. The molecule has 0 radical (unpaired) electrons. The average Bonchev–Trinajstić information content (AvgIpc) is 2.40. The lowest BCUT2D eigenvalue weighted by Crippen LogP contribution is -2.28. The fourth-order valence-electron chi connectivity index (χ4n) is 1.28. The second-order valence-corrected chi connectivity index (χ2v) is 4.06. The van der Waals surface area contributed by atoms with E-state index in [1.54, 1.807) is 37.3 Å². The number of aliphatic imine (C=N–C) groups is 1. The minimum absolute atomic E-state index is 0.142. The van der Waals surface area contributed by atoms with Gasteiger partial charge in [0.1, 0.15) is 0 Å². The van der Waals surface area contributed by atoms with E-state index in [1.165, 1.54) is 0 Å². The third kappa shape index (κ3) is 4.56. The molecule has 5 nitrogen and oxygen atoms in total. The molecule has 0 aliphatic carbocycles. The van der Waals surface area contributed by atoms with Crippen LogP contribution in [0.3, 0.4) is 0 Å². The van der Waals surface area contributed by atoms with Crippen molar-refractivity contribution in [2.24, 2.45) is 10.1 Å². The Bertz CT molecular complexity index is 521. The number of hydrogen-bond donors (Lipinski definition) is 2. The van der Waals surface area contributed by atoms with Crippen molar-refractivity contribution in [3.05, 3.63) is 41.9 Å². The van der Waals surface area contributed by atoms with E-state index in [-0.39, 0.29) is 5.71 Å². The summed E-state index contributed by atoms with van der Waals surface area (Å²) in [5.74, 6) is -0.546. The molecule has 0 aliphatic rings. The molecule has 0 aliphatic heterocycles. The van der Waals surface area contributed by atoms with Gasteiger partial charge in [-0.15, -0.1) is 6.58 Å². The molecule has 1 amide bonds. The molecule has 2 N–H and O–H groups in total. The summed E-state index contributed by atoms with van der Waals surface area (Å²) in [7, 11) is 0. The third-order valence-electron chi connectivity index (χ3n) is 2.22. The van der Waals surface area contributed by atoms with E-state index in [9.17, 15) is 4.79 Å². The Morgan fingerprint density at radius 1 is 1.47 bits per heavy atom. The Hall–Kier alpha value is -2.14. The topological polar surface area (TPSA) is 74.0 Å². The van der Waals surface area contributed by atoms with Gasteiger partial charge in [-0.3, -0.25) is 9.79 Å². The van der Waals surface area contributed by atoms with Crippen LogP contribution in [0.1, 0.15) is 6.92 Å². The molecule has 0 fully saturated rings. The number of rotatable bonds is 5. The number of nitrogens with zero attached hydrogens (tertiary/aromatic N) is 2. The second kappa shape index (κ2) is 7.33. The Balaban J connectivity index is 2.80. The highest BCUT2D eigenvalue weighted by Crippen LogP contribution is 2.13. The van der Waals surface area contributed by atoms with Gasteiger partial charge in [0.2, 0.25) is 0 Å². The summed E-state index contributed by atoms with van der Waals surface area (Å²) in [6.07, 6.45) is 1.58. The Morgan fingerprint density at radius 2 is 2.11 bits per heavy atom. The van der Waals surface area contributed by atoms with Gasteiger partial charge in [-0.25, -0.2) is 0 Å². The van der Waals surface area contributed by atoms with Crippen molar-refractivity contribution in [2.45, 2.75) is 6.92 Å². The lowest BCUT2D eigenvalue weighted by Gasteiger charge is -2.06. The molecule has 1 aromatic carbocycles. The third-order valence-corrected chi connectivity index (χ3v) is 2.47. The van der Waals surface area contributed by atoms with Gasteiger partial charge in [-0.1, -0.05) is 22.8 Å². The normalized spacial score (nSPS) is 12.1. The SMILES string of the molecule is C=CCN=C(C)/C(=N/O)C(=O)Nc1ccc(Cl)cc1. The van der Waals surface area contributed by atoms with E-state index in [1.807, 2.05) is 0 Å². The van der Waals surface area contributed by atoms with Crippen LogP contribution >= 0.6 is 11.6 Å². The molecule has 1 aromatic rings. The van der Waals surface area contributed by atoms with E-state index in [0.717, 1.165) is 0 Å². The number of anilines is 1. The van der Waals surface area contributed by atoms with Crippen LogP contribution in [0.2, 0.25) is 5.02 Å². The minimum Gasteiger partial charge on any atom is -0.410 e. The first-order valence-corrected chi connectivity index (χ1v) is 5.87. The van der Waals surface area contributed by atoms with Gasteiger partial charge in [0.15, 0.2) is 5.71 Å². The summed E-state index contributed by atoms with van der Waals surface area (Å²) in [4.78, 5) is 15.9.